The molecular weight excluding hydrogens is 182 g/mol. The molecule has 1 aromatic rings. The minimum absolute atomic E-state index is 0.0317. The van der Waals surface area contributed by atoms with E-state index < -0.39 is 0 Å². The van der Waals surface area contributed by atoms with E-state index in [4.69, 9.17) is 11.6 Å². The smallest absolute Gasteiger partial charge is 0.0760 e. The van der Waals surface area contributed by atoms with Gasteiger partial charge in [0.25, 0.3) is 0 Å². The molecule has 0 radical (unpaired) electrons. The molecule has 0 fully saturated rings. The molecule has 13 heavy (non-hydrogen) atoms. The maximum absolute atomic E-state index is 6.19. The molecule has 0 amide bonds. The summed E-state index contributed by atoms with van der Waals surface area (Å²) in [5.74, 6) is 0. The van der Waals surface area contributed by atoms with E-state index in [-0.39, 0.29) is 5.38 Å². The van der Waals surface area contributed by atoms with E-state index >= 15 is 0 Å². The van der Waals surface area contributed by atoms with Crippen LogP contribution in [0.5, 0.6) is 0 Å². The molecule has 1 atom stereocenters. The third-order valence-corrected chi connectivity index (χ3v) is 2.31. The first-order chi connectivity index (χ1) is 6.24. The van der Waals surface area contributed by atoms with Crippen LogP contribution in [0.25, 0.3) is 0 Å². The monoisotopic (exact) mass is 195 g/mol. The maximum Gasteiger partial charge on any atom is 0.0760 e. The van der Waals surface area contributed by atoms with Gasteiger partial charge >= 0.3 is 0 Å². The summed E-state index contributed by atoms with van der Waals surface area (Å²) < 4.78 is 0. The number of likely N-dealkylation sites (N-methyl/N-ethyl adjacent to an activating group) is 1. The lowest BCUT2D eigenvalue weighted by Crippen LogP contribution is -2.15. The summed E-state index contributed by atoms with van der Waals surface area (Å²) in [4.78, 5) is 1.98. The molecule has 1 nitrogen and oxygen atoms in total. The molecule has 1 rings (SSSR count). The van der Waals surface area contributed by atoms with E-state index in [1.54, 1.807) is 6.20 Å². The van der Waals surface area contributed by atoms with Crippen LogP contribution in [0.1, 0.15) is 10.9 Å². The standard InChI is InChI=1S/C11H14ClN/c1-3-13(2)9-11(12)10-7-5-4-6-8-10/h3-8,11H,1,9H2,2H3. The summed E-state index contributed by atoms with van der Waals surface area (Å²) in [6.45, 7) is 4.46. The highest BCUT2D eigenvalue weighted by molar-refractivity contribution is 6.21. The van der Waals surface area contributed by atoms with Crippen molar-refractivity contribution < 1.29 is 0 Å². The first-order valence-corrected chi connectivity index (χ1v) is 4.69. The maximum atomic E-state index is 6.19. The van der Waals surface area contributed by atoms with Crippen LogP contribution in [0.2, 0.25) is 0 Å². The van der Waals surface area contributed by atoms with Crippen molar-refractivity contribution in [3.63, 3.8) is 0 Å². The largest absolute Gasteiger partial charge is 0.379 e. The van der Waals surface area contributed by atoms with Gasteiger partial charge in [0, 0.05) is 13.6 Å². The summed E-state index contributed by atoms with van der Waals surface area (Å²) in [5.41, 5.74) is 1.15. The van der Waals surface area contributed by atoms with Crippen LogP contribution in [0, 0.1) is 0 Å². The van der Waals surface area contributed by atoms with Crippen molar-refractivity contribution in [1.82, 2.24) is 4.90 Å². The van der Waals surface area contributed by atoms with Gasteiger partial charge in [-0.25, -0.2) is 0 Å². The molecule has 0 aliphatic heterocycles. The SMILES string of the molecule is C=CN(C)CC(Cl)c1ccccc1. The number of nitrogens with zero attached hydrogens (tertiary/aromatic N) is 1. The lowest BCUT2D eigenvalue weighted by atomic mass is 10.1. The van der Waals surface area contributed by atoms with Crippen LogP contribution in [0.15, 0.2) is 43.1 Å². The second-order valence-corrected chi connectivity index (χ2v) is 3.53. The Balaban J connectivity index is 2.58. The highest BCUT2D eigenvalue weighted by Gasteiger charge is 2.07. The van der Waals surface area contributed by atoms with Crippen molar-refractivity contribution in [1.29, 1.82) is 0 Å². The number of alkyl halides is 1. The first-order valence-electron chi connectivity index (χ1n) is 4.26. The van der Waals surface area contributed by atoms with Crippen molar-refractivity contribution in [2.24, 2.45) is 0 Å². The van der Waals surface area contributed by atoms with Crippen molar-refractivity contribution in [2.75, 3.05) is 13.6 Å². The highest BCUT2D eigenvalue weighted by Crippen LogP contribution is 2.20. The van der Waals surface area contributed by atoms with Crippen molar-refractivity contribution >= 4 is 11.6 Å². The number of halogens is 1. The lowest BCUT2D eigenvalue weighted by Gasteiger charge is -2.17. The van der Waals surface area contributed by atoms with Gasteiger partial charge in [0.15, 0.2) is 0 Å². The predicted octanol–water partition coefficient (Wildman–Crippen LogP) is 3.04. The molecule has 0 heterocycles. The molecule has 70 valence electrons. The number of rotatable bonds is 4. The average Bonchev–Trinajstić information content (AvgIpc) is 2.19. The summed E-state index contributed by atoms with van der Waals surface area (Å²) in [6, 6.07) is 10.1. The Morgan fingerprint density at radius 2 is 2.08 bits per heavy atom. The number of hydrogen-bond acceptors (Lipinski definition) is 1. The molecule has 0 bridgehead atoms. The van der Waals surface area contributed by atoms with Gasteiger partial charge in [-0.15, -0.1) is 11.6 Å². The molecule has 2 heteroatoms. The van der Waals surface area contributed by atoms with E-state index in [0.717, 1.165) is 12.1 Å². The molecule has 0 saturated heterocycles. The van der Waals surface area contributed by atoms with Crippen molar-refractivity contribution in [2.45, 2.75) is 5.38 Å². The predicted molar refractivity (Wildman–Crippen MR) is 57.9 cm³/mol. The van der Waals surface area contributed by atoms with E-state index in [1.165, 1.54) is 0 Å². The van der Waals surface area contributed by atoms with Crippen LogP contribution in [-0.2, 0) is 0 Å². The molecular formula is C11H14ClN. The minimum atomic E-state index is 0.0317. The Labute approximate surface area is 84.6 Å². The Kier molecular flexibility index (Phi) is 3.84. The Morgan fingerprint density at radius 1 is 1.46 bits per heavy atom. The summed E-state index contributed by atoms with van der Waals surface area (Å²) >= 11 is 6.19. The zero-order valence-corrected chi connectivity index (χ0v) is 8.54. The molecule has 0 aromatic heterocycles. The van der Waals surface area contributed by atoms with Crippen LogP contribution in [0.4, 0.5) is 0 Å². The molecule has 0 aliphatic carbocycles. The molecule has 0 spiro atoms. The van der Waals surface area contributed by atoms with Crippen molar-refractivity contribution in [3.8, 4) is 0 Å². The zero-order valence-electron chi connectivity index (χ0n) is 7.78. The fourth-order valence-electron chi connectivity index (χ4n) is 1.09. The van der Waals surface area contributed by atoms with Crippen molar-refractivity contribution in [3.05, 3.63) is 48.7 Å². The van der Waals surface area contributed by atoms with Crippen LogP contribution in [0.3, 0.4) is 0 Å². The zero-order chi connectivity index (χ0) is 9.68. The van der Waals surface area contributed by atoms with E-state index in [2.05, 4.69) is 6.58 Å². The van der Waals surface area contributed by atoms with Crippen LogP contribution < -0.4 is 0 Å². The quantitative estimate of drug-likeness (QED) is 0.668. The first kappa shape index (κ1) is 10.1. The highest BCUT2D eigenvalue weighted by atomic mass is 35.5. The third-order valence-electron chi connectivity index (χ3n) is 1.92. The van der Waals surface area contributed by atoms with E-state index in [9.17, 15) is 0 Å². The Morgan fingerprint density at radius 3 is 2.62 bits per heavy atom. The van der Waals surface area contributed by atoms with Gasteiger partial charge in [-0.3, -0.25) is 0 Å². The van der Waals surface area contributed by atoms with Gasteiger partial charge in [-0.1, -0.05) is 36.9 Å². The van der Waals surface area contributed by atoms with E-state index in [1.807, 2.05) is 42.3 Å². The summed E-state index contributed by atoms with van der Waals surface area (Å²) in [6.07, 6.45) is 1.78. The normalized spacial score (nSPS) is 12.2. The fourth-order valence-corrected chi connectivity index (χ4v) is 1.46. The minimum Gasteiger partial charge on any atom is -0.379 e. The second-order valence-electron chi connectivity index (χ2n) is 3.00. The average molecular weight is 196 g/mol. The molecule has 0 N–H and O–H groups in total. The van der Waals surface area contributed by atoms with Crippen LogP contribution >= 0.6 is 11.6 Å². The number of hydrogen-bond donors (Lipinski definition) is 0. The van der Waals surface area contributed by atoms with Gasteiger partial charge in [0.05, 0.1) is 5.38 Å². The molecule has 0 saturated carbocycles. The molecule has 1 unspecified atom stereocenters. The van der Waals surface area contributed by atoms with Gasteiger partial charge in [0.2, 0.25) is 0 Å². The summed E-state index contributed by atoms with van der Waals surface area (Å²) in [5, 5.41) is 0.0317. The third kappa shape index (κ3) is 3.11. The van der Waals surface area contributed by atoms with Gasteiger partial charge in [-0.2, -0.15) is 0 Å². The van der Waals surface area contributed by atoms with Gasteiger partial charge in [-0.05, 0) is 11.8 Å². The van der Waals surface area contributed by atoms with E-state index in [0.29, 0.717) is 0 Å². The Hall–Kier alpha value is -0.950. The van der Waals surface area contributed by atoms with Gasteiger partial charge in [0.1, 0.15) is 0 Å². The molecule has 1 aromatic carbocycles. The van der Waals surface area contributed by atoms with Crippen LogP contribution in [-0.4, -0.2) is 18.5 Å². The summed E-state index contributed by atoms with van der Waals surface area (Å²) in [7, 11) is 1.96. The second kappa shape index (κ2) is 4.93. The Bertz CT molecular complexity index is 258. The topological polar surface area (TPSA) is 3.24 Å². The lowest BCUT2D eigenvalue weighted by molar-refractivity contribution is 0.455. The molecule has 0 aliphatic rings. The number of benzene rings is 1. The van der Waals surface area contributed by atoms with Gasteiger partial charge < -0.3 is 4.90 Å². The fraction of sp³-hybridized carbons (Fsp3) is 0.273.